The minimum Gasteiger partial charge on any atom is -0.288 e. The normalized spacial score (nSPS) is 15.8. The molecule has 0 radical (unpaired) electrons. The Morgan fingerprint density at radius 3 is 2.33 bits per heavy atom. The molecule has 0 saturated carbocycles. The fourth-order valence-corrected chi connectivity index (χ4v) is 2.15. The number of imide groups is 1. The van der Waals surface area contributed by atoms with E-state index in [-0.39, 0.29) is 11.8 Å². The zero-order chi connectivity index (χ0) is 10.8. The van der Waals surface area contributed by atoms with Crippen molar-refractivity contribution in [3.05, 3.63) is 40.8 Å². The van der Waals surface area contributed by atoms with Gasteiger partial charge in [0.25, 0.3) is 11.8 Å². The predicted octanol–water partition coefficient (Wildman–Crippen LogP) is 1.42. The van der Waals surface area contributed by atoms with Crippen LogP contribution in [0.3, 0.4) is 0 Å². The molecule has 0 fully saturated rings. The molecule has 15 heavy (non-hydrogen) atoms. The van der Waals surface area contributed by atoms with Crippen LogP contribution in [0.4, 0.5) is 0 Å². The van der Waals surface area contributed by atoms with E-state index in [0.717, 1.165) is 5.56 Å². The maximum atomic E-state index is 11.6. The molecule has 4 heteroatoms. The Labute approximate surface area is 91.6 Å². The standard InChI is InChI=1S/C11H9NO2S/c1-15-9-8(10(13)12-11(9)14)7-5-3-2-4-6-7/h2-6H,1H3,(H,12,13,14). The smallest absolute Gasteiger partial charge is 0.265 e. The lowest BCUT2D eigenvalue weighted by atomic mass is 10.1. The number of nitrogens with one attached hydrogen (secondary N) is 1. The number of rotatable bonds is 2. The fraction of sp³-hybridized carbons (Fsp3) is 0.0909. The highest BCUT2D eigenvalue weighted by Crippen LogP contribution is 2.29. The molecule has 1 aliphatic rings. The van der Waals surface area contributed by atoms with Crippen LogP contribution in [0.15, 0.2) is 35.2 Å². The molecule has 1 aliphatic heterocycles. The number of benzene rings is 1. The Balaban J connectivity index is 2.55. The van der Waals surface area contributed by atoms with Gasteiger partial charge < -0.3 is 0 Å². The number of carbonyl (C=O) groups is 2. The van der Waals surface area contributed by atoms with E-state index in [2.05, 4.69) is 5.32 Å². The first kappa shape index (κ1) is 9.98. The molecule has 0 atom stereocenters. The van der Waals surface area contributed by atoms with Gasteiger partial charge in [-0.3, -0.25) is 14.9 Å². The molecule has 1 heterocycles. The third-order valence-corrected chi connectivity index (χ3v) is 2.95. The molecular weight excluding hydrogens is 210 g/mol. The van der Waals surface area contributed by atoms with E-state index >= 15 is 0 Å². The van der Waals surface area contributed by atoms with E-state index in [9.17, 15) is 9.59 Å². The number of hydrogen-bond donors (Lipinski definition) is 1. The fourth-order valence-electron chi connectivity index (χ4n) is 1.50. The van der Waals surface area contributed by atoms with E-state index < -0.39 is 0 Å². The zero-order valence-corrected chi connectivity index (χ0v) is 8.93. The van der Waals surface area contributed by atoms with E-state index in [4.69, 9.17) is 0 Å². The first-order valence-corrected chi connectivity index (χ1v) is 5.66. The number of carbonyl (C=O) groups excluding carboxylic acids is 2. The number of thioether (sulfide) groups is 1. The lowest BCUT2D eigenvalue weighted by Gasteiger charge is -2.00. The van der Waals surface area contributed by atoms with E-state index in [1.807, 2.05) is 30.3 Å². The van der Waals surface area contributed by atoms with E-state index in [1.54, 1.807) is 6.26 Å². The Hall–Kier alpha value is -1.55. The van der Waals surface area contributed by atoms with Crippen LogP contribution in [0.5, 0.6) is 0 Å². The van der Waals surface area contributed by atoms with Crippen LogP contribution in [0, 0.1) is 0 Å². The highest BCUT2D eigenvalue weighted by atomic mass is 32.2. The molecule has 2 rings (SSSR count). The molecule has 1 N–H and O–H groups in total. The lowest BCUT2D eigenvalue weighted by molar-refractivity contribution is -0.123. The maximum Gasteiger partial charge on any atom is 0.265 e. The topological polar surface area (TPSA) is 46.2 Å². The van der Waals surface area contributed by atoms with Crippen molar-refractivity contribution in [3.8, 4) is 0 Å². The highest BCUT2D eigenvalue weighted by Gasteiger charge is 2.30. The Bertz CT molecular complexity index is 451. The summed E-state index contributed by atoms with van der Waals surface area (Å²) in [6.45, 7) is 0. The molecule has 0 spiro atoms. The molecule has 1 aromatic carbocycles. The molecular formula is C11H9NO2S. The molecule has 3 nitrogen and oxygen atoms in total. The summed E-state index contributed by atoms with van der Waals surface area (Å²) < 4.78 is 0. The van der Waals surface area contributed by atoms with Crippen LogP contribution in [-0.4, -0.2) is 18.1 Å². The van der Waals surface area contributed by atoms with Crippen molar-refractivity contribution in [1.82, 2.24) is 5.32 Å². The lowest BCUT2D eigenvalue weighted by Crippen LogP contribution is -2.22. The van der Waals surface area contributed by atoms with Crippen LogP contribution >= 0.6 is 11.8 Å². The third-order valence-electron chi connectivity index (χ3n) is 2.15. The van der Waals surface area contributed by atoms with Gasteiger partial charge in [-0.1, -0.05) is 30.3 Å². The van der Waals surface area contributed by atoms with Gasteiger partial charge >= 0.3 is 0 Å². The second-order valence-electron chi connectivity index (χ2n) is 3.06. The van der Waals surface area contributed by atoms with Crippen molar-refractivity contribution in [2.45, 2.75) is 0 Å². The second-order valence-corrected chi connectivity index (χ2v) is 3.87. The summed E-state index contributed by atoms with van der Waals surface area (Å²) in [5.41, 5.74) is 1.26. The Morgan fingerprint density at radius 2 is 1.73 bits per heavy atom. The monoisotopic (exact) mass is 219 g/mol. The SMILES string of the molecule is CSC1=C(c2ccccc2)C(=O)NC1=O. The van der Waals surface area contributed by atoms with Gasteiger partial charge in [0.15, 0.2) is 0 Å². The summed E-state index contributed by atoms with van der Waals surface area (Å²) >= 11 is 1.29. The summed E-state index contributed by atoms with van der Waals surface area (Å²) in [7, 11) is 0. The zero-order valence-electron chi connectivity index (χ0n) is 8.11. The average Bonchev–Trinajstić information content (AvgIpc) is 2.54. The highest BCUT2D eigenvalue weighted by molar-refractivity contribution is 8.03. The second kappa shape index (κ2) is 3.90. The van der Waals surface area contributed by atoms with E-state index in [0.29, 0.717) is 10.5 Å². The van der Waals surface area contributed by atoms with Crippen molar-refractivity contribution < 1.29 is 9.59 Å². The molecule has 0 aromatic heterocycles. The maximum absolute atomic E-state index is 11.6. The van der Waals surface area contributed by atoms with Gasteiger partial charge in [0, 0.05) is 0 Å². The Morgan fingerprint density at radius 1 is 1.07 bits per heavy atom. The predicted molar refractivity (Wildman–Crippen MR) is 60.0 cm³/mol. The minimum absolute atomic E-state index is 0.300. The van der Waals surface area contributed by atoms with Gasteiger partial charge in [-0.25, -0.2) is 0 Å². The first-order chi connectivity index (χ1) is 7.24. The van der Waals surface area contributed by atoms with Gasteiger partial charge in [-0.15, -0.1) is 11.8 Å². The first-order valence-electron chi connectivity index (χ1n) is 4.43. The molecule has 0 aliphatic carbocycles. The molecule has 76 valence electrons. The van der Waals surface area contributed by atoms with Gasteiger partial charge in [0.1, 0.15) is 0 Å². The Kier molecular flexibility index (Phi) is 2.60. The van der Waals surface area contributed by atoms with Crippen molar-refractivity contribution in [1.29, 1.82) is 0 Å². The van der Waals surface area contributed by atoms with Crippen LogP contribution < -0.4 is 5.32 Å². The van der Waals surface area contributed by atoms with Crippen molar-refractivity contribution in [3.63, 3.8) is 0 Å². The van der Waals surface area contributed by atoms with Crippen LogP contribution in [0.2, 0.25) is 0 Å². The summed E-state index contributed by atoms with van der Waals surface area (Å²) in [6.07, 6.45) is 1.79. The van der Waals surface area contributed by atoms with Gasteiger partial charge in [-0.2, -0.15) is 0 Å². The van der Waals surface area contributed by atoms with E-state index in [1.165, 1.54) is 11.8 Å². The average molecular weight is 219 g/mol. The van der Waals surface area contributed by atoms with Crippen molar-refractivity contribution in [2.24, 2.45) is 0 Å². The molecule has 2 amide bonds. The van der Waals surface area contributed by atoms with Crippen LogP contribution in [0.1, 0.15) is 5.56 Å². The quantitative estimate of drug-likeness (QED) is 0.765. The summed E-state index contributed by atoms with van der Waals surface area (Å²) in [4.78, 5) is 23.4. The molecule has 1 aromatic rings. The van der Waals surface area contributed by atoms with Gasteiger partial charge in [-0.05, 0) is 11.8 Å². The van der Waals surface area contributed by atoms with Crippen LogP contribution in [0.25, 0.3) is 5.57 Å². The summed E-state index contributed by atoms with van der Waals surface area (Å²) in [5.74, 6) is -0.609. The van der Waals surface area contributed by atoms with Crippen molar-refractivity contribution >= 4 is 29.1 Å². The van der Waals surface area contributed by atoms with Gasteiger partial charge in [0.2, 0.25) is 0 Å². The molecule has 0 bridgehead atoms. The number of amides is 2. The largest absolute Gasteiger partial charge is 0.288 e. The number of hydrogen-bond acceptors (Lipinski definition) is 3. The van der Waals surface area contributed by atoms with Crippen LogP contribution in [-0.2, 0) is 9.59 Å². The van der Waals surface area contributed by atoms with Crippen molar-refractivity contribution in [2.75, 3.05) is 6.26 Å². The summed E-state index contributed by atoms with van der Waals surface area (Å²) in [5, 5.41) is 2.29. The minimum atomic E-state index is -0.310. The molecule has 0 unspecified atom stereocenters. The third kappa shape index (κ3) is 1.68. The van der Waals surface area contributed by atoms with Gasteiger partial charge in [0.05, 0.1) is 10.5 Å². The summed E-state index contributed by atoms with van der Waals surface area (Å²) in [6, 6.07) is 9.21. The molecule has 0 saturated heterocycles.